The molecule has 0 radical (unpaired) electrons. The lowest BCUT2D eigenvalue weighted by Gasteiger charge is -2.35. The van der Waals surface area contributed by atoms with Crippen LogP contribution in [-0.2, 0) is 32.7 Å². The lowest BCUT2D eigenvalue weighted by Crippen LogP contribution is -2.43. The topological polar surface area (TPSA) is 114 Å². The number of fused-ring (bicyclic) bond motifs is 1. The summed E-state index contributed by atoms with van der Waals surface area (Å²) in [5.41, 5.74) is 1.29. The fraction of sp³-hybridized carbons (Fsp3) is 0.650. The molecule has 0 saturated carbocycles. The molecule has 1 aromatic rings. The SMILES string of the molecule is C=CCOC[C@H]1CC[C@H]2[C@H](CCN2Cc2cnn(C)c2)O1.O=C(O)C(F)(F)F.O=C(O)C(F)(F)F. The minimum Gasteiger partial charge on any atom is -0.475 e. The molecular weight excluding hydrogens is 492 g/mol. The highest BCUT2D eigenvalue weighted by Gasteiger charge is 2.40. The number of alkyl halides is 6. The quantitative estimate of drug-likeness (QED) is 0.335. The molecule has 3 atom stereocenters. The number of carboxylic acid groups (broad SMARTS) is 2. The molecule has 0 unspecified atom stereocenters. The Bertz CT molecular complexity index is 805. The summed E-state index contributed by atoms with van der Waals surface area (Å²) in [7, 11) is 1.97. The molecule has 15 heteroatoms. The normalized spacial score (nSPS) is 22.2. The first-order chi connectivity index (χ1) is 16.1. The fourth-order valence-electron chi connectivity index (χ4n) is 3.48. The van der Waals surface area contributed by atoms with E-state index in [1.807, 2.05) is 17.9 Å². The molecule has 35 heavy (non-hydrogen) atoms. The fourth-order valence-corrected chi connectivity index (χ4v) is 3.48. The molecule has 9 nitrogen and oxygen atoms in total. The molecule has 2 N–H and O–H groups in total. The third-order valence-electron chi connectivity index (χ3n) is 4.92. The summed E-state index contributed by atoms with van der Waals surface area (Å²) in [5.74, 6) is -5.51. The van der Waals surface area contributed by atoms with Crippen molar-refractivity contribution < 1.29 is 55.6 Å². The first-order valence-corrected chi connectivity index (χ1v) is 10.3. The van der Waals surface area contributed by atoms with Gasteiger partial charge in [0.1, 0.15) is 0 Å². The number of hydrogen-bond acceptors (Lipinski definition) is 6. The van der Waals surface area contributed by atoms with Crippen molar-refractivity contribution in [2.75, 3.05) is 19.8 Å². The number of hydrogen-bond donors (Lipinski definition) is 2. The lowest BCUT2D eigenvalue weighted by atomic mass is 9.99. The number of aryl methyl sites for hydroxylation is 1. The monoisotopic (exact) mass is 519 g/mol. The molecule has 2 aliphatic rings. The van der Waals surface area contributed by atoms with Crippen LogP contribution in [0.4, 0.5) is 26.3 Å². The second-order valence-electron chi connectivity index (χ2n) is 7.65. The first kappa shape index (κ1) is 30.4. The van der Waals surface area contributed by atoms with Gasteiger partial charge < -0.3 is 19.7 Å². The van der Waals surface area contributed by atoms with Gasteiger partial charge in [-0.1, -0.05) is 6.08 Å². The van der Waals surface area contributed by atoms with Gasteiger partial charge in [-0.25, -0.2) is 9.59 Å². The van der Waals surface area contributed by atoms with E-state index in [9.17, 15) is 26.3 Å². The number of ether oxygens (including phenoxy) is 2. The summed E-state index contributed by atoms with van der Waals surface area (Å²) in [6.45, 7) is 7.07. The van der Waals surface area contributed by atoms with Crippen LogP contribution in [0.15, 0.2) is 25.0 Å². The Morgan fingerprint density at radius 1 is 1.17 bits per heavy atom. The lowest BCUT2D eigenvalue weighted by molar-refractivity contribution is -0.193. The van der Waals surface area contributed by atoms with Gasteiger partial charge in [0, 0.05) is 37.9 Å². The highest BCUT2D eigenvalue weighted by molar-refractivity contribution is 5.73. The minimum absolute atomic E-state index is 0.254. The number of carboxylic acids is 2. The average molecular weight is 519 g/mol. The van der Waals surface area contributed by atoms with E-state index in [2.05, 4.69) is 22.8 Å². The number of likely N-dealkylation sites (tertiary alicyclic amines) is 1. The number of rotatable bonds is 6. The molecule has 0 bridgehead atoms. The summed E-state index contributed by atoms with van der Waals surface area (Å²) in [6.07, 6.45) is -0.280. The van der Waals surface area contributed by atoms with Crippen LogP contribution in [0.1, 0.15) is 24.8 Å². The smallest absolute Gasteiger partial charge is 0.475 e. The molecule has 0 amide bonds. The van der Waals surface area contributed by atoms with Gasteiger partial charge in [-0.05, 0) is 19.3 Å². The zero-order valence-electron chi connectivity index (χ0n) is 18.8. The zero-order valence-corrected chi connectivity index (χ0v) is 18.8. The van der Waals surface area contributed by atoms with Gasteiger partial charge in [-0.15, -0.1) is 6.58 Å². The Kier molecular flexibility index (Phi) is 11.7. The zero-order chi connectivity index (χ0) is 26.8. The van der Waals surface area contributed by atoms with E-state index in [1.54, 1.807) is 6.08 Å². The summed E-state index contributed by atoms with van der Waals surface area (Å²) in [6, 6.07) is 0.556. The van der Waals surface area contributed by atoms with Crippen LogP contribution in [-0.4, -0.2) is 87.2 Å². The standard InChI is InChI=1S/C16H25N3O2.2C2HF3O2/c1-3-8-20-12-14-4-5-15-16(21-14)6-7-19(15)11-13-9-17-18(2)10-13;2*3-2(4,5)1(6)7/h3,9-10,14-16H,1,4-8,11-12H2,2H3;2*(H,6,7)/t14-,15+,16+;;/m1../s1. The van der Waals surface area contributed by atoms with Crippen LogP contribution in [0.3, 0.4) is 0 Å². The maximum absolute atomic E-state index is 10.6. The predicted octanol–water partition coefficient (Wildman–Crippen LogP) is 3.01. The van der Waals surface area contributed by atoms with E-state index in [1.165, 1.54) is 12.0 Å². The van der Waals surface area contributed by atoms with Crippen molar-refractivity contribution in [1.29, 1.82) is 0 Å². The van der Waals surface area contributed by atoms with E-state index >= 15 is 0 Å². The van der Waals surface area contributed by atoms with Crippen molar-refractivity contribution >= 4 is 11.9 Å². The molecular formula is C20H27F6N3O6. The van der Waals surface area contributed by atoms with E-state index in [4.69, 9.17) is 29.3 Å². The third-order valence-corrected chi connectivity index (χ3v) is 4.92. The van der Waals surface area contributed by atoms with Gasteiger partial charge in [0.2, 0.25) is 0 Å². The van der Waals surface area contributed by atoms with Crippen molar-refractivity contribution in [3.63, 3.8) is 0 Å². The van der Waals surface area contributed by atoms with Gasteiger partial charge in [-0.3, -0.25) is 9.58 Å². The van der Waals surface area contributed by atoms with Crippen LogP contribution in [0.2, 0.25) is 0 Å². The Hall–Kier alpha value is -2.65. The highest BCUT2D eigenvalue weighted by Crippen LogP contribution is 2.32. The largest absolute Gasteiger partial charge is 0.490 e. The van der Waals surface area contributed by atoms with Crippen LogP contribution in [0, 0.1) is 0 Å². The average Bonchev–Trinajstić information content (AvgIpc) is 3.33. The van der Waals surface area contributed by atoms with E-state index < -0.39 is 24.3 Å². The number of aromatic nitrogens is 2. The molecule has 3 heterocycles. The Morgan fingerprint density at radius 2 is 1.74 bits per heavy atom. The van der Waals surface area contributed by atoms with Crippen molar-refractivity contribution in [1.82, 2.24) is 14.7 Å². The van der Waals surface area contributed by atoms with Crippen molar-refractivity contribution in [2.24, 2.45) is 7.05 Å². The van der Waals surface area contributed by atoms with Crippen LogP contribution in [0.5, 0.6) is 0 Å². The molecule has 2 fully saturated rings. The molecule has 0 spiro atoms. The van der Waals surface area contributed by atoms with Crippen LogP contribution in [0.25, 0.3) is 0 Å². The molecule has 3 rings (SSSR count). The van der Waals surface area contributed by atoms with E-state index in [0.29, 0.717) is 25.4 Å². The number of carbonyl (C=O) groups is 2. The molecule has 2 saturated heterocycles. The number of aliphatic carboxylic acids is 2. The van der Waals surface area contributed by atoms with Crippen LogP contribution >= 0.6 is 0 Å². The molecule has 200 valence electrons. The summed E-state index contributed by atoms with van der Waals surface area (Å²) in [5, 5.41) is 18.5. The second kappa shape index (κ2) is 13.4. The predicted molar refractivity (Wildman–Crippen MR) is 108 cm³/mol. The Balaban J connectivity index is 0.000000362. The summed E-state index contributed by atoms with van der Waals surface area (Å²) in [4.78, 5) is 20.3. The van der Waals surface area contributed by atoms with Gasteiger partial charge >= 0.3 is 24.3 Å². The Labute approximate surface area is 196 Å². The third kappa shape index (κ3) is 11.1. The molecule has 0 aliphatic carbocycles. The molecule has 2 aliphatic heterocycles. The van der Waals surface area contributed by atoms with E-state index in [-0.39, 0.29) is 6.10 Å². The second-order valence-corrected chi connectivity index (χ2v) is 7.65. The summed E-state index contributed by atoms with van der Waals surface area (Å²) < 4.78 is 77.1. The van der Waals surface area contributed by atoms with Gasteiger partial charge in [0.05, 0.1) is 31.6 Å². The van der Waals surface area contributed by atoms with Crippen molar-refractivity contribution in [2.45, 2.75) is 56.4 Å². The summed E-state index contributed by atoms with van der Waals surface area (Å²) >= 11 is 0. The first-order valence-electron chi connectivity index (χ1n) is 10.3. The maximum Gasteiger partial charge on any atom is 0.490 e. The van der Waals surface area contributed by atoms with Crippen molar-refractivity contribution in [3.05, 3.63) is 30.6 Å². The van der Waals surface area contributed by atoms with Crippen molar-refractivity contribution in [3.8, 4) is 0 Å². The van der Waals surface area contributed by atoms with Gasteiger partial charge in [-0.2, -0.15) is 31.4 Å². The highest BCUT2D eigenvalue weighted by atomic mass is 19.4. The number of nitrogens with zero attached hydrogens (tertiary/aromatic N) is 3. The molecule has 1 aromatic heterocycles. The maximum atomic E-state index is 10.6. The van der Waals surface area contributed by atoms with Crippen LogP contribution < -0.4 is 0 Å². The van der Waals surface area contributed by atoms with E-state index in [0.717, 1.165) is 25.9 Å². The minimum atomic E-state index is -5.08. The Morgan fingerprint density at radius 3 is 2.20 bits per heavy atom. The van der Waals surface area contributed by atoms with Gasteiger partial charge in [0.15, 0.2) is 0 Å². The van der Waals surface area contributed by atoms with Gasteiger partial charge in [0.25, 0.3) is 0 Å². The molecule has 0 aromatic carbocycles. The number of halogens is 6.